The van der Waals surface area contributed by atoms with E-state index in [1.165, 1.54) is 4.90 Å². The molecule has 2 heterocycles. The number of rotatable bonds is 14. The Hall–Kier alpha value is -2.37. The van der Waals surface area contributed by atoms with Crippen LogP contribution < -0.4 is 0 Å². The highest BCUT2D eigenvalue weighted by molar-refractivity contribution is 7.44. The van der Waals surface area contributed by atoms with Crippen LogP contribution in [-0.4, -0.2) is 76.6 Å². The molecular formula is C27H39N4O5P. The van der Waals surface area contributed by atoms with Crippen LogP contribution in [0.25, 0.3) is 0 Å². The molecule has 3 amide bonds. The topological polar surface area (TPSA) is 103 Å². The first-order valence-corrected chi connectivity index (χ1v) is 14.4. The Labute approximate surface area is 221 Å². The molecular weight excluding hydrogens is 491 g/mol. The lowest BCUT2D eigenvalue weighted by Crippen LogP contribution is -2.35. The molecule has 1 fully saturated rings. The maximum absolute atomic E-state index is 12.8. The van der Waals surface area contributed by atoms with Crippen LogP contribution >= 0.6 is 8.53 Å². The van der Waals surface area contributed by atoms with E-state index in [2.05, 4.69) is 38.4 Å². The van der Waals surface area contributed by atoms with Crippen molar-refractivity contribution < 1.29 is 23.4 Å². The molecule has 0 saturated carbocycles. The number of hydrogen-bond donors (Lipinski definition) is 0. The average molecular weight is 531 g/mol. The largest absolute Gasteiger partial charge is 0.340 e. The van der Waals surface area contributed by atoms with Gasteiger partial charge in [-0.25, -0.2) is 4.67 Å². The van der Waals surface area contributed by atoms with Crippen molar-refractivity contribution in [3.63, 3.8) is 0 Å². The van der Waals surface area contributed by atoms with E-state index in [1.807, 2.05) is 4.90 Å². The quantitative estimate of drug-likeness (QED) is 0.194. The van der Waals surface area contributed by atoms with E-state index in [-0.39, 0.29) is 35.9 Å². The van der Waals surface area contributed by atoms with Gasteiger partial charge in [0.15, 0.2) is 0 Å². The molecule has 1 aromatic carbocycles. The fourth-order valence-electron chi connectivity index (χ4n) is 4.79. The van der Waals surface area contributed by atoms with Crippen molar-refractivity contribution in [1.29, 1.82) is 5.26 Å². The van der Waals surface area contributed by atoms with Crippen molar-refractivity contribution in [1.82, 2.24) is 14.5 Å². The van der Waals surface area contributed by atoms with Crippen molar-refractivity contribution in [3.05, 3.63) is 35.4 Å². The number of nitriles is 1. The fraction of sp³-hybridized carbons (Fsp3) is 0.630. The number of carbonyl (C=O) groups excluding carboxylic acids is 3. The van der Waals surface area contributed by atoms with Gasteiger partial charge in [-0.05, 0) is 59.1 Å². The number of unbranched alkanes of at least 4 members (excludes halogenated alkanes) is 2. The molecule has 37 heavy (non-hydrogen) atoms. The minimum Gasteiger partial charge on any atom is -0.340 e. The molecule has 0 aromatic heterocycles. The molecule has 0 spiro atoms. The van der Waals surface area contributed by atoms with Gasteiger partial charge in [0, 0.05) is 38.1 Å². The van der Waals surface area contributed by atoms with E-state index in [0.717, 1.165) is 12.8 Å². The van der Waals surface area contributed by atoms with Crippen LogP contribution in [0.1, 0.15) is 86.9 Å². The summed E-state index contributed by atoms with van der Waals surface area (Å²) in [4.78, 5) is 40.9. The summed E-state index contributed by atoms with van der Waals surface area (Å²) < 4.78 is 14.6. The van der Waals surface area contributed by atoms with Gasteiger partial charge >= 0.3 is 0 Å². The Bertz CT molecular complexity index is 952. The summed E-state index contributed by atoms with van der Waals surface area (Å²) in [5.74, 6) is -0.360. The van der Waals surface area contributed by atoms with E-state index in [4.69, 9.17) is 14.3 Å². The number of imide groups is 1. The van der Waals surface area contributed by atoms with Crippen molar-refractivity contribution >= 4 is 26.2 Å². The van der Waals surface area contributed by atoms with Crippen LogP contribution in [0.5, 0.6) is 0 Å². The highest BCUT2D eigenvalue weighted by Gasteiger charge is 2.35. The second-order valence-corrected chi connectivity index (χ2v) is 11.4. The van der Waals surface area contributed by atoms with Gasteiger partial charge in [-0.3, -0.25) is 19.3 Å². The zero-order valence-corrected chi connectivity index (χ0v) is 23.3. The Balaban J connectivity index is 1.40. The van der Waals surface area contributed by atoms with Crippen LogP contribution in [0.15, 0.2) is 24.3 Å². The molecule has 1 saturated heterocycles. The molecule has 202 valence electrons. The predicted octanol–water partition coefficient (Wildman–Crippen LogP) is 4.74. The number of carbonyl (C=O) groups is 3. The summed E-state index contributed by atoms with van der Waals surface area (Å²) in [5, 5.41) is 8.88. The smallest absolute Gasteiger partial charge is 0.261 e. The predicted molar refractivity (Wildman–Crippen MR) is 142 cm³/mol. The second kappa shape index (κ2) is 14.0. The Morgan fingerprint density at radius 3 is 2.35 bits per heavy atom. The summed E-state index contributed by atoms with van der Waals surface area (Å²) >= 11 is 0. The van der Waals surface area contributed by atoms with Gasteiger partial charge in [0.25, 0.3) is 20.3 Å². The van der Waals surface area contributed by atoms with E-state index in [0.29, 0.717) is 63.1 Å². The van der Waals surface area contributed by atoms with Crippen molar-refractivity contribution in [2.45, 2.75) is 84.4 Å². The van der Waals surface area contributed by atoms with Crippen molar-refractivity contribution in [2.75, 3.05) is 26.2 Å². The maximum Gasteiger partial charge on any atom is 0.261 e. The van der Waals surface area contributed by atoms with Gasteiger partial charge in [0.2, 0.25) is 5.91 Å². The minimum atomic E-state index is -1.32. The summed E-state index contributed by atoms with van der Waals surface area (Å²) in [6.07, 6.45) is 3.57. The molecule has 2 aliphatic heterocycles. The van der Waals surface area contributed by atoms with Crippen molar-refractivity contribution in [2.24, 2.45) is 0 Å². The summed E-state index contributed by atoms with van der Waals surface area (Å²) in [5.41, 5.74) is 0.940. The van der Waals surface area contributed by atoms with Gasteiger partial charge in [-0.15, -0.1) is 0 Å². The zero-order valence-electron chi connectivity index (χ0n) is 22.4. The van der Waals surface area contributed by atoms with E-state index >= 15 is 0 Å². The molecule has 9 nitrogen and oxygen atoms in total. The van der Waals surface area contributed by atoms with Crippen molar-refractivity contribution in [3.8, 4) is 6.07 Å². The lowest BCUT2D eigenvalue weighted by molar-refractivity contribution is -0.130. The van der Waals surface area contributed by atoms with Gasteiger partial charge in [0.1, 0.15) is 0 Å². The second-order valence-electron chi connectivity index (χ2n) is 10.0. The molecule has 1 unspecified atom stereocenters. The third kappa shape index (κ3) is 7.58. The highest BCUT2D eigenvalue weighted by atomic mass is 31.2. The first kappa shape index (κ1) is 29.2. The fourth-order valence-corrected chi connectivity index (χ4v) is 6.52. The zero-order chi connectivity index (χ0) is 26.9. The average Bonchev–Trinajstić information content (AvgIpc) is 3.42. The minimum absolute atomic E-state index is 0.0917. The third-order valence-corrected chi connectivity index (χ3v) is 8.73. The molecule has 0 aliphatic carbocycles. The van der Waals surface area contributed by atoms with Crippen LogP contribution in [0.4, 0.5) is 0 Å². The number of amides is 3. The van der Waals surface area contributed by atoms with Gasteiger partial charge in [-0.2, -0.15) is 5.26 Å². The van der Waals surface area contributed by atoms with Crippen LogP contribution in [-0.2, 0) is 13.8 Å². The lowest BCUT2D eigenvalue weighted by atomic mass is 10.1. The standard InChI is InChI=1S/C27H39N4O5P/c1-20(2)31(21(3)4)37(35-18-10-15-28)36-22-14-17-29(19-22)25(32)13-6-5-9-16-30-26(33)23-11-7-8-12-24(23)27(30)34/h7-8,11-12,20-22H,5-6,9-10,13-14,16-19H2,1-4H3/t22-,37?/m1/s1. The van der Waals surface area contributed by atoms with Crippen LogP contribution in [0.2, 0.25) is 0 Å². The van der Waals surface area contributed by atoms with Crippen LogP contribution in [0.3, 0.4) is 0 Å². The number of nitrogens with zero attached hydrogens (tertiary/aromatic N) is 4. The van der Waals surface area contributed by atoms with E-state index in [1.54, 1.807) is 24.3 Å². The van der Waals surface area contributed by atoms with Crippen LogP contribution in [0, 0.1) is 11.3 Å². The van der Waals surface area contributed by atoms with Gasteiger partial charge in [-0.1, -0.05) is 18.6 Å². The molecule has 0 bridgehead atoms. The molecule has 1 aromatic rings. The summed E-state index contributed by atoms with van der Waals surface area (Å²) in [7, 11) is -1.32. The van der Waals surface area contributed by atoms with Gasteiger partial charge < -0.3 is 13.9 Å². The molecule has 3 rings (SSSR count). The monoisotopic (exact) mass is 530 g/mol. The SMILES string of the molecule is CC(C)N(C(C)C)P(OCCC#N)O[C@@H]1CCN(C(=O)CCCCCN2C(=O)c3ccccc3C2=O)C1. The third-order valence-electron chi connectivity index (χ3n) is 6.55. The maximum atomic E-state index is 12.8. The number of fused-ring (bicyclic) bond motifs is 1. The Morgan fingerprint density at radius 1 is 1.11 bits per heavy atom. The molecule has 2 atom stereocenters. The lowest BCUT2D eigenvalue weighted by Gasteiger charge is -2.36. The molecule has 2 aliphatic rings. The number of benzene rings is 1. The molecule has 10 heteroatoms. The summed E-state index contributed by atoms with van der Waals surface area (Å²) in [6.45, 7) is 10.3. The number of hydrogen-bond acceptors (Lipinski definition) is 7. The summed E-state index contributed by atoms with van der Waals surface area (Å²) in [6, 6.07) is 9.47. The normalized spacial score (nSPS) is 18.3. The van der Waals surface area contributed by atoms with E-state index < -0.39 is 8.53 Å². The Kier molecular flexibility index (Phi) is 11.0. The first-order chi connectivity index (χ1) is 17.7. The molecule has 0 N–H and O–H groups in total. The Morgan fingerprint density at radius 2 is 1.76 bits per heavy atom. The van der Waals surface area contributed by atoms with E-state index in [9.17, 15) is 14.4 Å². The van der Waals surface area contributed by atoms with Gasteiger partial charge in [0.05, 0.1) is 36.3 Å². The molecule has 0 radical (unpaired) electrons. The highest BCUT2D eigenvalue weighted by Crippen LogP contribution is 2.48. The first-order valence-electron chi connectivity index (χ1n) is 13.2. The number of likely N-dealkylation sites (tertiary alicyclic amines) is 1.